The fourth-order valence-corrected chi connectivity index (χ4v) is 5.33. The van der Waals surface area contributed by atoms with Gasteiger partial charge in [0.25, 0.3) is 0 Å². The van der Waals surface area contributed by atoms with Gasteiger partial charge in [-0.25, -0.2) is 0 Å². The summed E-state index contributed by atoms with van der Waals surface area (Å²) in [5.74, 6) is 0. The van der Waals surface area contributed by atoms with E-state index in [1.165, 1.54) is 65.0 Å². The number of hydrogen-bond donors (Lipinski definition) is 0. The van der Waals surface area contributed by atoms with Crippen molar-refractivity contribution in [3.63, 3.8) is 0 Å². The van der Waals surface area contributed by atoms with Crippen LogP contribution >= 0.6 is 0 Å². The molecule has 0 aliphatic heterocycles. The summed E-state index contributed by atoms with van der Waals surface area (Å²) in [7, 11) is 0. The Hall–Kier alpha value is -4.42. The van der Waals surface area contributed by atoms with Gasteiger partial charge in [-0.3, -0.25) is 0 Å². The summed E-state index contributed by atoms with van der Waals surface area (Å²) in [4.78, 5) is 0. The highest BCUT2D eigenvalue weighted by Crippen LogP contribution is 2.39. The van der Waals surface area contributed by atoms with Gasteiger partial charge in [-0.2, -0.15) is 0 Å². The molecule has 0 aromatic heterocycles. The first-order valence-electron chi connectivity index (χ1n) is 11.8. The first-order valence-corrected chi connectivity index (χ1v) is 11.8. The number of rotatable bonds is 2. The molecule has 0 aliphatic rings. The highest BCUT2D eigenvalue weighted by atomic mass is 14.1. The minimum atomic E-state index is 1.21. The molecule has 0 amide bonds. The van der Waals surface area contributed by atoms with E-state index in [2.05, 4.69) is 133 Å². The van der Waals surface area contributed by atoms with E-state index in [1.807, 2.05) is 0 Å². The molecule has 158 valence electrons. The Morgan fingerprint density at radius 3 is 1.56 bits per heavy atom. The van der Waals surface area contributed by atoms with Crippen LogP contribution in [0, 0.1) is 0 Å². The largest absolute Gasteiger partial charge is 0.0622 e. The standard InChI is InChI=1S/C34H22/c1-2-6-23(7-3-1)10-11-24-12-13-26-15-17-28-19-21-29-20-18-27-16-14-25-8-4-5-9-30(25)32(27)34(29)33(28)31(26)22-24/h1-22H. The zero-order valence-corrected chi connectivity index (χ0v) is 18.7. The molecule has 34 heavy (non-hydrogen) atoms. The summed E-state index contributed by atoms with van der Waals surface area (Å²) in [5.41, 5.74) is 2.43. The zero-order valence-electron chi connectivity index (χ0n) is 18.7. The van der Waals surface area contributed by atoms with E-state index in [-0.39, 0.29) is 0 Å². The van der Waals surface area contributed by atoms with Crippen molar-refractivity contribution in [3.8, 4) is 0 Å². The second-order valence-electron chi connectivity index (χ2n) is 9.00. The third-order valence-electron chi connectivity index (χ3n) is 6.98. The van der Waals surface area contributed by atoms with Crippen molar-refractivity contribution >= 4 is 66.0 Å². The SMILES string of the molecule is C(=Cc1ccc2ccc3ccc4ccc5ccc6ccccc6c5c4c3c2c1)c1ccccc1. The van der Waals surface area contributed by atoms with Gasteiger partial charge in [0, 0.05) is 0 Å². The minimum absolute atomic E-state index is 1.21. The van der Waals surface area contributed by atoms with Crippen molar-refractivity contribution in [1.82, 2.24) is 0 Å². The Kier molecular flexibility index (Phi) is 4.25. The molecular weight excluding hydrogens is 408 g/mol. The summed E-state index contributed by atoms with van der Waals surface area (Å²) in [6.07, 6.45) is 4.40. The van der Waals surface area contributed by atoms with E-state index in [0.717, 1.165) is 0 Å². The molecule has 0 saturated carbocycles. The molecule has 0 saturated heterocycles. The molecule has 0 nitrogen and oxygen atoms in total. The van der Waals surface area contributed by atoms with Crippen LogP contribution in [0.2, 0.25) is 0 Å². The Morgan fingerprint density at radius 2 is 0.824 bits per heavy atom. The fraction of sp³-hybridized carbons (Fsp3) is 0. The van der Waals surface area contributed by atoms with Crippen LogP contribution < -0.4 is 0 Å². The molecule has 0 spiro atoms. The Balaban J connectivity index is 1.60. The number of benzene rings is 7. The van der Waals surface area contributed by atoms with Crippen LogP contribution in [0.4, 0.5) is 0 Å². The Labute approximate surface area is 198 Å². The molecule has 0 bridgehead atoms. The lowest BCUT2D eigenvalue weighted by molar-refractivity contribution is 1.66. The van der Waals surface area contributed by atoms with Gasteiger partial charge in [-0.15, -0.1) is 0 Å². The first kappa shape index (κ1) is 19.1. The van der Waals surface area contributed by atoms with Gasteiger partial charge in [-0.05, 0) is 71.1 Å². The molecule has 0 atom stereocenters. The topological polar surface area (TPSA) is 0 Å². The maximum atomic E-state index is 2.35. The quantitative estimate of drug-likeness (QED) is 0.189. The predicted molar refractivity (Wildman–Crippen MR) is 149 cm³/mol. The molecule has 0 heteroatoms. The molecule has 0 fully saturated rings. The summed E-state index contributed by atoms with van der Waals surface area (Å²) < 4.78 is 0. The van der Waals surface area contributed by atoms with E-state index in [1.54, 1.807) is 0 Å². The monoisotopic (exact) mass is 430 g/mol. The molecule has 0 radical (unpaired) electrons. The first-order chi connectivity index (χ1) is 16.8. The molecule has 0 N–H and O–H groups in total. The van der Waals surface area contributed by atoms with Crippen molar-refractivity contribution in [3.05, 3.63) is 132 Å². The molecule has 0 heterocycles. The highest BCUT2D eigenvalue weighted by molar-refractivity contribution is 6.32. The smallest absolute Gasteiger partial charge is 0.00143 e. The van der Waals surface area contributed by atoms with Gasteiger partial charge >= 0.3 is 0 Å². The van der Waals surface area contributed by atoms with E-state index in [9.17, 15) is 0 Å². The number of fused-ring (bicyclic) bond motifs is 9. The van der Waals surface area contributed by atoms with Gasteiger partial charge in [0.05, 0.1) is 0 Å². The second kappa shape index (κ2) is 7.57. The minimum Gasteiger partial charge on any atom is -0.0622 e. The van der Waals surface area contributed by atoms with Crippen molar-refractivity contribution in [2.24, 2.45) is 0 Å². The van der Waals surface area contributed by atoms with Crippen LogP contribution in [-0.4, -0.2) is 0 Å². The number of hydrogen-bond acceptors (Lipinski definition) is 0. The van der Waals surface area contributed by atoms with Crippen molar-refractivity contribution in [2.75, 3.05) is 0 Å². The fourth-order valence-electron chi connectivity index (χ4n) is 5.33. The molecule has 7 aromatic carbocycles. The van der Waals surface area contributed by atoms with Gasteiger partial charge in [0.2, 0.25) is 0 Å². The molecule has 0 unspecified atom stereocenters. The molecule has 0 aliphatic carbocycles. The van der Waals surface area contributed by atoms with E-state index < -0.39 is 0 Å². The molecular formula is C34H22. The summed E-state index contributed by atoms with van der Waals surface area (Å²) in [5, 5.41) is 13.1. The van der Waals surface area contributed by atoms with Crippen molar-refractivity contribution < 1.29 is 0 Å². The zero-order chi connectivity index (χ0) is 22.5. The van der Waals surface area contributed by atoms with Gasteiger partial charge < -0.3 is 0 Å². The maximum Gasteiger partial charge on any atom is -0.00143 e. The molecule has 7 rings (SSSR count). The lowest BCUT2D eigenvalue weighted by atomic mass is 9.90. The van der Waals surface area contributed by atoms with E-state index in [4.69, 9.17) is 0 Å². The van der Waals surface area contributed by atoms with Crippen molar-refractivity contribution in [2.45, 2.75) is 0 Å². The average molecular weight is 431 g/mol. The van der Waals surface area contributed by atoms with Gasteiger partial charge in [-0.1, -0.05) is 127 Å². The predicted octanol–water partition coefficient (Wildman–Crippen LogP) is 9.62. The van der Waals surface area contributed by atoms with Crippen LogP contribution in [0.5, 0.6) is 0 Å². The summed E-state index contributed by atoms with van der Waals surface area (Å²) >= 11 is 0. The van der Waals surface area contributed by atoms with Crippen LogP contribution in [-0.2, 0) is 0 Å². The maximum absolute atomic E-state index is 2.35. The highest BCUT2D eigenvalue weighted by Gasteiger charge is 2.11. The third kappa shape index (κ3) is 3.00. The Morgan fingerprint density at radius 1 is 0.324 bits per heavy atom. The van der Waals surface area contributed by atoms with Crippen molar-refractivity contribution in [1.29, 1.82) is 0 Å². The van der Waals surface area contributed by atoms with Crippen LogP contribution in [0.25, 0.3) is 66.0 Å². The summed E-state index contributed by atoms with van der Waals surface area (Å²) in [6.45, 7) is 0. The normalized spacial score (nSPS) is 12.0. The second-order valence-corrected chi connectivity index (χ2v) is 9.00. The lowest BCUT2D eigenvalue weighted by Crippen LogP contribution is -1.86. The third-order valence-corrected chi connectivity index (χ3v) is 6.98. The molecule has 7 aromatic rings. The van der Waals surface area contributed by atoms with E-state index in [0.29, 0.717) is 0 Å². The lowest BCUT2D eigenvalue weighted by Gasteiger charge is -2.13. The average Bonchev–Trinajstić information content (AvgIpc) is 2.91. The van der Waals surface area contributed by atoms with Gasteiger partial charge in [0.15, 0.2) is 0 Å². The van der Waals surface area contributed by atoms with Crippen LogP contribution in [0.15, 0.2) is 121 Å². The van der Waals surface area contributed by atoms with Crippen LogP contribution in [0.1, 0.15) is 11.1 Å². The van der Waals surface area contributed by atoms with E-state index >= 15 is 0 Å². The van der Waals surface area contributed by atoms with Crippen LogP contribution in [0.3, 0.4) is 0 Å². The summed E-state index contributed by atoms with van der Waals surface area (Å²) in [6, 6.07) is 44.1. The van der Waals surface area contributed by atoms with Gasteiger partial charge in [0.1, 0.15) is 0 Å². The Bertz CT molecular complexity index is 1870.